The molecule has 0 amide bonds. The van der Waals surface area contributed by atoms with Gasteiger partial charge in [0.2, 0.25) is 0 Å². The molecule has 0 bridgehead atoms. The van der Waals surface area contributed by atoms with E-state index >= 15 is 0 Å². The Morgan fingerprint density at radius 2 is 1.73 bits per heavy atom. The number of benzene rings is 2. The molecule has 2 aromatic carbocycles. The first-order valence-electron chi connectivity index (χ1n) is 6.68. The van der Waals surface area contributed by atoms with Gasteiger partial charge in [-0.3, -0.25) is 4.79 Å². The zero-order valence-electron chi connectivity index (χ0n) is 12.1. The molecule has 0 fully saturated rings. The van der Waals surface area contributed by atoms with Gasteiger partial charge in [0.1, 0.15) is 0 Å². The van der Waals surface area contributed by atoms with Crippen molar-refractivity contribution in [3.8, 4) is 0 Å². The van der Waals surface area contributed by atoms with Gasteiger partial charge in [0.25, 0.3) is 0 Å². The summed E-state index contributed by atoms with van der Waals surface area (Å²) < 4.78 is 23.7. The number of ketones is 1. The van der Waals surface area contributed by atoms with Crippen LogP contribution in [0.1, 0.15) is 21.5 Å². The Labute approximate surface area is 129 Å². The molecule has 0 aliphatic rings. The lowest BCUT2D eigenvalue weighted by atomic mass is 9.98. The van der Waals surface area contributed by atoms with Crippen LogP contribution in [0, 0.1) is 0 Å². The second-order valence-electron chi connectivity index (χ2n) is 4.95. The van der Waals surface area contributed by atoms with Gasteiger partial charge in [-0.25, -0.2) is 8.42 Å². The van der Waals surface area contributed by atoms with Crippen LogP contribution < -0.4 is 5.73 Å². The van der Waals surface area contributed by atoms with Crippen molar-refractivity contribution < 1.29 is 18.3 Å². The van der Waals surface area contributed by atoms with Crippen molar-refractivity contribution >= 4 is 21.3 Å². The van der Waals surface area contributed by atoms with Gasteiger partial charge in [0.15, 0.2) is 15.6 Å². The van der Waals surface area contributed by atoms with E-state index in [2.05, 4.69) is 0 Å². The van der Waals surface area contributed by atoms with Gasteiger partial charge < -0.3 is 10.8 Å². The summed E-state index contributed by atoms with van der Waals surface area (Å²) in [5.74, 6) is -0.446. The monoisotopic (exact) mass is 319 g/mol. The number of aliphatic hydroxyl groups is 1. The summed E-state index contributed by atoms with van der Waals surface area (Å²) in [6.07, 6.45) is 1.39. The first-order chi connectivity index (χ1) is 10.4. The Morgan fingerprint density at radius 3 is 2.36 bits per heavy atom. The topological polar surface area (TPSA) is 97.5 Å². The van der Waals surface area contributed by atoms with Crippen LogP contribution in [-0.2, 0) is 16.3 Å². The van der Waals surface area contributed by atoms with E-state index in [0.717, 1.165) is 6.26 Å². The number of nitrogens with two attached hydrogens (primary N) is 1. The molecule has 0 radical (unpaired) electrons. The average molecular weight is 319 g/mol. The smallest absolute Gasteiger partial charge is 0.196 e. The zero-order valence-corrected chi connectivity index (χ0v) is 12.9. The third kappa shape index (κ3) is 3.18. The molecule has 0 aliphatic carbocycles. The molecule has 0 heterocycles. The third-order valence-corrected chi connectivity index (χ3v) is 4.51. The molecular formula is C16H17NO4S. The lowest BCUT2D eigenvalue weighted by Gasteiger charge is -2.11. The number of sulfone groups is 1. The molecule has 6 heteroatoms. The van der Waals surface area contributed by atoms with Crippen LogP contribution in [0.25, 0.3) is 0 Å². The summed E-state index contributed by atoms with van der Waals surface area (Å²) in [5, 5.41) is 9.02. The van der Waals surface area contributed by atoms with Gasteiger partial charge in [-0.15, -0.1) is 0 Å². The van der Waals surface area contributed by atoms with Crippen molar-refractivity contribution in [2.75, 3.05) is 18.6 Å². The Morgan fingerprint density at radius 1 is 1.09 bits per heavy atom. The third-order valence-electron chi connectivity index (χ3n) is 3.35. The number of para-hydroxylation sites is 1. The molecule has 0 spiro atoms. The summed E-state index contributed by atoms with van der Waals surface area (Å²) in [4.78, 5) is 12.7. The highest BCUT2D eigenvalue weighted by molar-refractivity contribution is 7.90. The van der Waals surface area contributed by atoms with Gasteiger partial charge in [0, 0.05) is 29.7 Å². The SMILES string of the molecule is CS(=O)(=O)c1ccccc1C(=O)c1cccc(CCO)c1N. The number of rotatable bonds is 5. The number of carbonyl (C=O) groups excluding carboxylic acids is 1. The first-order valence-corrected chi connectivity index (χ1v) is 8.57. The Hall–Kier alpha value is -2.18. The number of anilines is 1. The maximum Gasteiger partial charge on any atom is 0.196 e. The molecule has 3 N–H and O–H groups in total. The minimum Gasteiger partial charge on any atom is -0.398 e. The van der Waals surface area contributed by atoms with Crippen LogP contribution >= 0.6 is 0 Å². The van der Waals surface area contributed by atoms with E-state index in [-0.39, 0.29) is 28.3 Å². The van der Waals surface area contributed by atoms with Crippen molar-refractivity contribution in [3.05, 3.63) is 59.2 Å². The van der Waals surface area contributed by atoms with Crippen LogP contribution in [0.5, 0.6) is 0 Å². The predicted octanol–water partition coefficient (Wildman–Crippen LogP) is 1.44. The number of carbonyl (C=O) groups is 1. The molecule has 0 saturated carbocycles. The number of hydrogen-bond acceptors (Lipinski definition) is 5. The minimum absolute atomic E-state index is 0.0213. The Bertz CT molecular complexity index is 813. The maximum absolute atomic E-state index is 12.7. The van der Waals surface area contributed by atoms with Crippen molar-refractivity contribution in [1.82, 2.24) is 0 Å². The molecule has 2 rings (SSSR count). The van der Waals surface area contributed by atoms with Crippen LogP contribution in [0.15, 0.2) is 47.4 Å². The molecule has 0 atom stereocenters. The number of aliphatic hydroxyl groups excluding tert-OH is 1. The lowest BCUT2D eigenvalue weighted by Crippen LogP contribution is -2.12. The largest absolute Gasteiger partial charge is 0.398 e. The van der Waals surface area contributed by atoms with Crippen LogP contribution in [-0.4, -0.2) is 32.2 Å². The molecule has 0 aliphatic heterocycles. The molecule has 5 nitrogen and oxygen atoms in total. The average Bonchev–Trinajstić information content (AvgIpc) is 2.48. The fourth-order valence-corrected chi connectivity index (χ4v) is 3.16. The van der Waals surface area contributed by atoms with E-state index in [1.165, 1.54) is 12.1 Å². The van der Waals surface area contributed by atoms with Gasteiger partial charge in [-0.1, -0.05) is 24.3 Å². The number of nitrogen functional groups attached to an aromatic ring is 1. The van der Waals surface area contributed by atoms with E-state index in [0.29, 0.717) is 12.0 Å². The molecular weight excluding hydrogens is 302 g/mol. The summed E-state index contributed by atoms with van der Waals surface area (Å²) in [6, 6.07) is 11.0. The quantitative estimate of drug-likeness (QED) is 0.642. The molecule has 116 valence electrons. The normalized spacial score (nSPS) is 11.4. The molecule has 0 unspecified atom stereocenters. The van der Waals surface area contributed by atoms with Gasteiger partial charge in [-0.2, -0.15) is 0 Å². The minimum atomic E-state index is -3.52. The molecule has 0 aromatic heterocycles. The second kappa shape index (κ2) is 6.29. The summed E-state index contributed by atoms with van der Waals surface area (Å²) in [5.41, 5.74) is 7.24. The van der Waals surface area contributed by atoms with E-state index in [4.69, 9.17) is 10.8 Å². The molecule has 0 saturated heterocycles. The van der Waals surface area contributed by atoms with Crippen LogP contribution in [0.2, 0.25) is 0 Å². The standard InChI is InChI=1S/C16H17NO4S/c1-22(20,21)14-8-3-2-6-12(14)16(19)13-7-4-5-11(9-10-18)15(13)17/h2-8,18H,9-10,17H2,1H3. The highest BCUT2D eigenvalue weighted by atomic mass is 32.2. The van der Waals surface area contributed by atoms with E-state index in [9.17, 15) is 13.2 Å². The van der Waals surface area contributed by atoms with Crippen LogP contribution in [0.4, 0.5) is 5.69 Å². The maximum atomic E-state index is 12.7. The molecule has 2 aromatic rings. The Balaban J connectivity index is 2.57. The van der Waals surface area contributed by atoms with Gasteiger partial charge in [-0.05, 0) is 30.2 Å². The van der Waals surface area contributed by atoms with E-state index in [1.54, 1.807) is 30.3 Å². The summed E-state index contributed by atoms with van der Waals surface area (Å²) in [6.45, 7) is -0.0816. The van der Waals surface area contributed by atoms with Crippen molar-refractivity contribution in [2.24, 2.45) is 0 Å². The fraction of sp³-hybridized carbons (Fsp3) is 0.188. The Kier molecular flexibility index (Phi) is 4.63. The zero-order chi connectivity index (χ0) is 16.3. The highest BCUT2D eigenvalue weighted by Gasteiger charge is 2.21. The first kappa shape index (κ1) is 16.2. The number of hydrogen-bond donors (Lipinski definition) is 2. The lowest BCUT2D eigenvalue weighted by molar-refractivity contribution is 0.103. The fourth-order valence-electron chi connectivity index (χ4n) is 2.27. The summed E-state index contributed by atoms with van der Waals surface area (Å²) >= 11 is 0. The van der Waals surface area contributed by atoms with Crippen molar-refractivity contribution in [2.45, 2.75) is 11.3 Å². The molecule has 22 heavy (non-hydrogen) atoms. The van der Waals surface area contributed by atoms with Crippen LogP contribution in [0.3, 0.4) is 0 Å². The second-order valence-corrected chi connectivity index (χ2v) is 6.93. The van der Waals surface area contributed by atoms with E-state index in [1.807, 2.05) is 0 Å². The van der Waals surface area contributed by atoms with Crippen molar-refractivity contribution in [3.63, 3.8) is 0 Å². The predicted molar refractivity (Wildman–Crippen MR) is 84.6 cm³/mol. The summed E-state index contributed by atoms with van der Waals surface area (Å²) in [7, 11) is -3.52. The van der Waals surface area contributed by atoms with E-state index < -0.39 is 15.6 Å². The van der Waals surface area contributed by atoms with Gasteiger partial charge >= 0.3 is 0 Å². The highest BCUT2D eigenvalue weighted by Crippen LogP contribution is 2.24. The van der Waals surface area contributed by atoms with Gasteiger partial charge in [0.05, 0.1) is 4.90 Å². The van der Waals surface area contributed by atoms with Crippen molar-refractivity contribution in [1.29, 1.82) is 0 Å².